The summed E-state index contributed by atoms with van der Waals surface area (Å²) in [6.07, 6.45) is 1.63. The van der Waals surface area contributed by atoms with Crippen molar-refractivity contribution in [2.45, 2.75) is 0 Å². The zero-order valence-corrected chi connectivity index (χ0v) is 17.4. The Labute approximate surface area is 183 Å². The highest BCUT2D eigenvalue weighted by molar-refractivity contribution is 6.42. The second-order valence-electron chi connectivity index (χ2n) is 6.39. The van der Waals surface area contributed by atoms with E-state index < -0.39 is 0 Å². The molecule has 3 aromatic carbocycles. The van der Waals surface area contributed by atoms with E-state index in [1.54, 1.807) is 49.7 Å². The van der Waals surface area contributed by atoms with Gasteiger partial charge in [-0.3, -0.25) is 4.79 Å². The van der Waals surface area contributed by atoms with Gasteiger partial charge in [0.15, 0.2) is 5.76 Å². The second kappa shape index (κ2) is 8.61. The van der Waals surface area contributed by atoms with E-state index in [2.05, 4.69) is 10.3 Å². The van der Waals surface area contributed by atoms with E-state index in [0.717, 1.165) is 11.3 Å². The van der Waals surface area contributed by atoms with E-state index >= 15 is 0 Å². The maximum Gasteiger partial charge on any atom is 0.256 e. The number of benzene rings is 3. The van der Waals surface area contributed by atoms with Crippen LogP contribution in [0.15, 0.2) is 77.3 Å². The highest BCUT2D eigenvalue weighted by atomic mass is 35.5. The SMILES string of the molecule is COc1ccc(-c2cnc(-c3ccccc3C(=O)Nc3ccc(Cl)c(Cl)c3)o2)cc1. The first kappa shape index (κ1) is 20.0. The van der Waals surface area contributed by atoms with E-state index in [-0.39, 0.29) is 5.91 Å². The molecule has 1 heterocycles. The van der Waals surface area contributed by atoms with Gasteiger partial charge in [0.05, 0.1) is 28.9 Å². The number of nitrogens with one attached hydrogen (secondary N) is 1. The smallest absolute Gasteiger partial charge is 0.256 e. The van der Waals surface area contributed by atoms with E-state index in [1.807, 2.05) is 30.3 Å². The van der Waals surface area contributed by atoms with Crippen LogP contribution in [-0.4, -0.2) is 18.0 Å². The van der Waals surface area contributed by atoms with Crippen LogP contribution in [0.25, 0.3) is 22.8 Å². The average Bonchev–Trinajstić information content (AvgIpc) is 3.26. The summed E-state index contributed by atoms with van der Waals surface area (Å²) in [5, 5.41) is 3.60. The topological polar surface area (TPSA) is 64.4 Å². The van der Waals surface area contributed by atoms with Crippen molar-refractivity contribution < 1.29 is 13.9 Å². The molecule has 0 saturated heterocycles. The van der Waals surface area contributed by atoms with Crippen molar-refractivity contribution in [1.82, 2.24) is 4.98 Å². The van der Waals surface area contributed by atoms with Gasteiger partial charge in [-0.1, -0.05) is 35.3 Å². The molecule has 0 aliphatic rings. The van der Waals surface area contributed by atoms with Crippen molar-refractivity contribution in [3.05, 3.63) is 88.5 Å². The van der Waals surface area contributed by atoms with Crippen LogP contribution in [-0.2, 0) is 0 Å². The number of anilines is 1. The van der Waals surface area contributed by atoms with Crippen LogP contribution < -0.4 is 10.1 Å². The van der Waals surface area contributed by atoms with Crippen LogP contribution in [0, 0.1) is 0 Å². The van der Waals surface area contributed by atoms with Gasteiger partial charge in [0.2, 0.25) is 5.89 Å². The molecule has 0 unspecified atom stereocenters. The number of carbonyl (C=O) groups is 1. The summed E-state index contributed by atoms with van der Waals surface area (Å²) < 4.78 is 11.1. The number of hydrogen-bond acceptors (Lipinski definition) is 4. The number of hydrogen-bond donors (Lipinski definition) is 1. The van der Waals surface area contributed by atoms with Gasteiger partial charge in [0.1, 0.15) is 5.75 Å². The lowest BCUT2D eigenvalue weighted by Crippen LogP contribution is -2.13. The van der Waals surface area contributed by atoms with Gasteiger partial charge in [-0.05, 0) is 54.6 Å². The van der Waals surface area contributed by atoms with Crippen molar-refractivity contribution >= 4 is 34.8 Å². The fraction of sp³-hybridized carbons (Fsp3) is 0.0435. The highest BCUT2D eigenvalue weighted by Gasteiger charge is 2.17. The number of carbonyl (C=O) groups excluding carboxylic acids is 1. The number of nitrogens with zero attached hydrogens (tertiary/aromatic N) is 1. The molecule has 0 aliphatic carbocycles. The summed E-state index contributed by atoms with van der Waals surface area (Å²) in [5.41, 5.74) is 2.39. The van der Waals surface area contributed by atoms with E-state index in [0.29, 0.717) is 38.5 Å². The predicted octanol–water partition coefficient (Wildman–Crippen LogP) is 6.58. The van der Waals surface area contributed by atoms with Crippen molar-refractivity contribution in [3.8, 4) is 28.5 Å². The van der Waals surface area contributed by atoms with E-state index in [9.17, 15) is 4.79 Å². The van der Waals surface area contributed by atoms with Crippen LogP contribution in [0.2, 0.25) is 10.0 Å². The molecule has 150 valence electrons. The first-order valence-corrected chi connectivity index (χ1v) is 9.77. The molecule has 0 fully saturated rings. The molecule has 4 rings (SSSR count). The number of ether oxygens (including phenoxy) is 1. The summed E-state index contributed by atoms with van der Waals surface area (Å²) in [5.74, 6) is 1.38. The Morgan fingerprint density at radius 3 is 2.50 bits per heavy atom. The Morgan fingerprint density at radius 2 is 1.77 bits per heavy atom. The lowest BCUT2D eigenvalue weighted by molar-refractivity contribution is 0.102. The molecular formula is C23H16Cl2N2O3. The molecule has 1 N–H and O–H groups in total. The van der Waals surface area contributed by atoms with Crippen molar-refractivity contribution in [3.63, 3.8) is 0 Å². The zero-order chi connectivity index (χ0) is 21.1. The van der Waals surface area contributed by atoms with Crippen LogP contribution in [0.3, 0.4) is 0 Å². The first-order chi connectivity index (χ1) is 14.5. The second-order valence-corrected chi connectivity index (χ2v) is 7.20. The Morgan fingerprint density at radius 1 is 1.00 bits per heavy atom. The van der Waals surface area contributed by atoms with Gasteiger partial charge in [-0.2, -0.15) is 0 Å². The van der Waals surface area contributed by atoms with Crippen molar-refractivity contribution in [2.24, 2.45) is 0 Å². The van der Waals surface area contributed by atoms with E-state index in [1.165, 1.54) is 0 Å². The third-order valence-electron chi connectivity index (χ3n) is 4.46. The largest absolute Gasteiger partial charge is 0.497 e. The molecule has 0 atom stereocenters. The monoisotopic (exact) mass is 438 g/mol. The maximum atomic E-state index is 12.9. The molecule has 7 heteroatoms. The van der Waals surface area contributed by atoms with E-state index in [4.69, 9.17) is 32.4 Å². The van der Waals surface area contributed by atoms with Crippen molar-refractivity contribution in [1.29, 1.82) is 0 Å². The van der Waals surface area contributed by atoms with Gasteiger partial charge >= 0.3 is 0 Å². The lowest BCUT2D eigenvalue weighted by atomic mass is 10.1. The predicted molar refractivity (Wildman–Crippen MR) is 118 cm³/mol. The Balaban J connectivity index is 1.62. The minimum Gasteiger partial charge on any atom is -0.497 e. The normalized spacial score (nSPS) is 10.6. The first-order valence-electron chi connectivity index (χ1n) is 9.01. The highest BCUT2D eigenvalue weighted by Crippen LogP contribution is 2.30. The molecule has 0 spiro atoms. The summed E-state index contributed by atoms with van der Waals surface area (Å²) in [7, 11) is 1.61. The third-order valence-corrected chi connectivity index (χ3v) is 5.20. The number of rotatable bonds is 5. The molecule has 4 aromatic rings. The number of amides is 1. The van der Waals surface area contributed by atoms with Crippen molar-refractivity contribution in [2.75, 3.05) is 12.4 Å². The molecule has 0 aliphatic heterocycles. The zero-order valence-electron chi connectivity index (χ0n) is 15.9. The van der Waals surface area contributed by atoms with Gasteiger partial charge in [0.25, 0.3) is 5.91 Å². The summed E-state index contributed by atoms with van der Waals surface area (Å²) in [6, 6.07) is 19.4. The van der Waals surface area contributed by atoms with Crippen LogP contribution in [0.1, 0.15) is 10.4 Å². The summed E-state index contributed by atoms with van der Waals surface area (Å²) in [6.45, 7) is 0. The Kier molecular flexibility index (Phi) is 5.74. The number of aromatic nitrogens is 1. The fourth-order valence-electron chi connectivity index (χ4n) is 2.93. The summed E-state index contributed by atoms with van der Waals surface area (Å²) >= 11 is 12.0. The van der Waals surface area contributed by atoms with Gasteiger partial charge < -0.3 is 14.5 Å². The van der Waals surface area contributed by atoms with Crippen LogP contribution in [0.5, 0.6) is 5.75 Å². The Hall–Kier alpha value is -3.28. The van der Waals surface area contributed by atoms with Gasteiger partial charge in [0, 0.05) is 16.8 Å². The minimum absolute atomic E-state index is 0.312. The number of halogens is 2. The third kappa shape index (κ3) is 4.17. The number of oxazole rings is 1. The summed E-state index contributed by atoms with van der Waals surface area (Å²) in [4.78, 5) is 17.2. The molecule has 0 bridgehead atoms. The molecule has 1 amide bonds. The molecule has 0 saturated carbocycles. The maximum absolute atomic E-state index is 12.9. The molecular weight excluding hydrogens is 423 g/mol. The molecule has 30 heavy (non-hydrogen) atoms. The fourth-order valence-corrected chi connectivity index (χ4v) is 3.23. The van der Waals surface area contributed by atoms with Crippen LogP contribution >= 0.6 is 23.2 Å². The minimum atomic E-state index is -0.312. The standard InChI is InChI=1S/C23H16Cl2N2O3/c1-29-16-9-6-14(7-10-16)21-13-26-23(30-21)18-5-3-2-4-17(18)22(28)27-15-8-11-19(24)20(25)12-15/h2-13H,1H3,(H,27,28). The lowest BCUT2D eigenvalue weighted by Gasteiger charge is -2.09. The Bertz CT molecular complexity index is 1200. The van der Waals surface area contributed by atoms with Crippen LogP contribution in [0.4, 0.5) is 5.69 Å². The molecule has 1 aromatic heterocycles. The molecule has 5 nitrogen and oxygen atoms in total. The van der Waals surface area contributed by atoms with Gasteiger partial charge in [-0.25, -0.2) is 4.98 Å². The van der Waals surface area contributed by atoms with Gasteiger partial charge in [-0.15, -0.1) is 0 Å². The quantitative estimate of drug-likeness (QED) is 0.382. The average molecular weight is 439 g/mol. The molecule has 0 radical (unpaired) electrons. The number of methoxy groups -OCH3 is 1.